The quantitative estimate of drug-likeness (QED) is 0.664. The standard InChI is InChI=1S/C14H29N/c1-12(15(8)14(5,6)7)10-9-11-13(2,3)4/h1,9-11H2,2-8H3. The molecule has 0 spiro atoms. The van der Waals surface area contributed by atoms with E-state index in [0.717, 1.165) is 6.42 Å². The largest absolute Gasteiger partial charge is 0.374 e. The van der Waals surface area contributed by atoms with Crippen molar-refractivity contribution in [1.82, 2.24) is 4.90 Å². The zero-order chi connectivity index (χ0) is 12.3. The lowest BCUT2D eigenvalue weighted by atomic mass is 9.89. The van der Waals surface area contributed by atoms with E-state index in [0.29, 0.717) is 5.41 Å². The third-order valence-corrected chi connectivity index (χ3v) is 2.87. The summed E-state index contributed by atoms with van der Waals surface area (Å²) in [5.74, 6) is 0. The second-order valence-corrected chi connectivity index (χ2v) is 6.71. The van der Waals surface area contributed by atoms with Gasteiger partial charge in [-0.1, -0.05) is 27.4 Å². The normalized spacial score (nSPS) is 12.7. The maximum Gasteiger partial charge on any atom is 0.0311 e. The molecular formula is C14H29N. The number of hydrogen-bond donors (Lipinski definition) is 0. The molecule has 0 aliphatic rings. The van der Waals surface area contributed by atoms with Gasteiger partial charge in [-0.15, -0.1) is 0 Å². The van der Waals surface area contributed by atoms with Gasteiger partial charge in [0.25, 0.3) is 0 Å². The third kappa shape index (κ3) is 6.59. The Kier molecular flexibility index (Phi) is 4.89. The van der Waals surface area contributed by atoms with Crippen LogP contribution in [-0.2, 0) is 0 Å². The molecule has 0 amide bonds. The van der Waals surface area contributed by atoms with Gasteiger partial charge in [0.1, 0.15) is 0 Å². The van der Waals surface area contributed by atoms with Crippen molar-refractivity contribution in [3.05, 3.63) is 12.3 Å². The molecule has 0 aromatic carbocycles. The second-order valence-electron chi connectivity index (χ2n) is 6.71. The molecule has 0 N–H and O–H groups in total. The molecule has 0 aromatic rings. The fourth-order valence-electron chi connectivity index (χ4n) is 1.46. The SMILES string of the molecule is C=C(CCCC(C)(C)C)N(C)C(C)(C)C. The predicted molar refractivity (Wildman–Crippen MR) is 70.0 cm³/mol. The molecule has 0 radical (unpaired) electrons. The van der Waals surface area contributed by atoms with Crippen molar-refractivity contribution in [1.29, 1.82) is 0 Å². The summed E-state index contributed by atoms with van der Waals surface area (Å²) in [7, 11) is 2.14. The minimum absolute atomic E-state index is 0.193. The van der Waals surface area contributed by atoms with E-state index >= 15 is 0 Å². The Hall–Kier alpha value is -0.460. The molecule has 0 rings (SSSR count). The highest BCUT2D eigenvalue weighted by molar-refractivity contribution is 4.97. The summed E-state index contributed by atoms with van der Waals surface area (Å²) >= 11 is 0. The van der Waals surface area contributed by atoms with Gasteiger partial charge in [0, 0.05) is 18.3 Å². The van der Waals surface area contributed by atoms with Gasteiger partial charge in [-0.2, -0.15) is 0 Å². The number of nitrogens with zero attached hydrogens (tertiary/aromatic N) is 1. The molecule has 0 saturated heterocycles. The molecule has 1 heteroatoms. The highest BCUT2D eigenvalue weighted by atomic mass is 15.2. The first-order chi connectivity index (χ1) is 6.54. The Morgan fingerprint density at radius 1 is 1.07 bits per heavy atom. The lowest BCUT2D eigenvalue weighted by molar-refractivity contribution is 0.218. The van der Waals surface area contributed by atoms with Gasteiger partial charge in [0.15, 0.2) is 0 Å². The van der Waals surface area contributed by atoms with Crippen LogP contribution in [0.15, 0.2) is 12.3 Å². The van der Waals surface area contributed by atoms with Gasteiger partial charge in [-0.25, -0.2) is 0 Å². The van der Waals surface area contributed by atoms with Crippen LogP contribution in [0.4, 0.5) is 0 Å². The molecule has 1 nitrogen and oxygen atoms in total. The van der Waals surface area contributed by atoms with E-state index in [9.17, 15) is 0 Å². The predicted octanol–water partition coefficient (Wildman–Crippen LogP) is 4.45. The van der Waals surface area contributed by atoms with Crippen LogP contribution in [0.3, 0.4) is 0 Å². The molecule has 0 heterocycles. The van der Waals surface area contributed by atoms with Gasteiger partial charge < -0.3 is 4.90 Å². The van der Waals surface area contributed by atoms with Gasteiger partial charge in [-0.05, 0) is 45.4 Å². The van der Waals surface area contributed by atoms with Crippen LogP contribution in [-0.4, -0.2) is 17.5 Å². The molecular weight excluding hydrogens is 182 g/mol. The van der Waals surface area contributed by atoms with Crippen molar-refractivity contribution in [3.63, 3.8) is 0 Å². The van der Waals surface area contributed by atoms with E-state index in [4.69, 9.17) is 0 Å². The zero-order valence-electron chi connectivity index (χ0n) is 11.8. The van der Waals surface area contributed by atoms with E-state index < -0.39 is 0 Å². The van der Waals surface area contributed by atoms with Crippen molar-refractivity contribution in [2.75, 3.05) is 7.05 Å². The second kappa shape index (κ2) is 5.05. The van der Waals surface area contributed by atoms with Gasteiger partial charge in [0.2, 0.25) is 0 Å². The molecule has 0 aromatic heterocycles. The summed E-state index contributed by atoms with van der Waals surface area (Å²) < 4.78 is 0. The van der Waals surface area contributed by atoms with Crippen LogP contribution < -0.4 is 0 Å². The van der Waals surface area contributed by atoms with E-state index in [1.165, 1.54) is 18.5 Å². The lowest BCUT2D eigenvalue weighted by Gasteiger charge is -2.36. The van der Waals surface area contributed by atoms with Crippen molar-refractivity contribution >= 4 is 0 Å². The smallest absolute Gasteiger partial charge is 0.0311 e. The minimum atomic E-state index is 0.193. The first kappa shape index (κ1) is 14.5. The summed E-state index contributed by atoms with van der Waals surface area (Å²) in [6.07, 6.45) is 3.62. The summed E-state index contributed by atoms with van der Waals surface area (Å²) in [6, 6.07) is 0. The summed E-state index contributed by atoms with van der Waals surface area (Å²) in [5, 5.41) is 0. The molecule has 0 atom stereocenters. The van der Waals surface area contributed by atoms with Crippen LogP contribution in [0.2, 0.25) is 0 Å². The highest BCUT2D eigenvalue weighted by Gasteiger charge is 2.18. The van der Waals surface area contributed by atoms with Crippen LogP contribution in [0.1, 0.15) is 60.8 Å². The van der Waals surface area contributed by atoms with Gasteiger partial charge >= 0.3 is 0 Å². The van der Waals surface area contributed by atoms with Crippen LogP contribution in [0.25, 0.3) is 0 Å². The van der Waals surface area contributed by atoms with Crippen LogP contribution in [0.5, 0.6) is 0 Å². The Labute approximate surface area is 96.6 Å². The van der Waals surface area contributed by atoms with E-state index in [1.807, 2.05) is 0 Å². The highest BCUT2D eigenvalue weighted by Crippen LogP contribution is 2.25. The van der Waals surface area contributed by atoms with Crippen molar-refractivity contribution in [2.24, 2.45) is 5.41 Å². The number of hydrogen-bond acceptors (Lipinski definition) is 1. The average Bonchev–Trinajstić information content (AvgIpc) is 1.98. The molecule has 90 valence electrons. The fraction of sp³-hybridized carbons (Fsp3) is 0.857. The van der Waals surface area contributed by atoms with Crippen molar-refractivity contribution < 1.29 is 0 Å². The van der Waals surface area contributed by atoms with E-state index in [2.05, 4.69) is 60.1 Å². The monoisotopic (exact) mass is 211 g/mol. The molecule has 0 aliphatic carbocycles. The maximum absolute atomic E-state index is 4.17. The molecule has 0 aliphatic heterocycles. The Bertz CT molecular complexity index is 202. The van der Waals surface area contributed by atoms with Crippen molar-refractivity contribution in [3.8, 4) is 0 Å². The zero-order valence-corrected chi connectivity index (χ0v) is 11.8. The molecule has 0 fully saturated rings. The summed E-state index contributed by atoms with van der Waals surface area (Å²) in [4.78, 5) is 2.29. The topological polar surface area (TPSA) is 3.24 Å². The van der Waals surface area contributed by atoms with Gasteiger partial charge in [-0.3, -0.25) is 0 Å². The fourth-order valence-corrected chi connectivity index (χ4v) is 1.46. The molecule has 15 heavy (non-hydrogen) atoms. The third-order valence-electron chi connectivity index (χ3n) is 2.87. The lowest BCUT2D eigenvalue weighted by Crippen LogP contribution is -2.36. The van der Waals surface area contributed by atoms with Crippen LogP contribution in [0, 0.1) is 5.41 Å². The Balaban J connectivity index is 3.96. The molecule has 0 bridgehead atoms. The first-order valence-corrected chi connectivity index (χ1v) is 5.96. The molecule has 0 saturated carbocycles. The number of rotatable bonds is 4. The van der Waals surface area contributed by atoms with Crippen LogP contribution >= 0.6 is 0 Å². The van der Waals surface area contributed by atoms with Gasteiger partial charge in [0.05, 0.1) is 0 Å². The first-order valence-electron chi connectivity index (χ1n) is 5.96. The average molecular weight is 211 g/mol. The minimum Gasteiger partial charge on any atom is -0.374 e. The number of allylic oxidation sites excluding steroid dienone is 1. The molecule has 0 unspecified atom stereocenters. The Morgan fingerprint density at radius 2 is 1.53 bits per heavy atom. The Morgan fingerprint density at radius 3 is 1.87 bits per heavy atom. The van der Waals surface area contributed by atoms with E-state index in [1.54, 1.807) is 0 Å². The van der Waals surface area contributed by atoms with E-state index in [-0.39, 0.29) is 5.54 Å². The summed E-state index contributed by atoms with van der Waals surface area (Å²) in [6.45, 7) is 17.7. The van der Waals surface area contributed by atoms with Crippen molar-refractivity contribution in [2.45, 2.75) is 66.3 Å². The maximum atomic E-state index is 4.17. The summed E-state index contributed by atoms with van der Waals surface area (Å²) in [5.41, 5.74) is 1.89.